The first kappa shape index (κ1) is 14.2. The lowest BCUT2D eigenvalue weighted by molar-refractivity contribution is -0.140. The second kappa shape index (κ2) is 7.46. The number of hydrogen-bond acceptors (Lipinski definition) is 3. The molecule has 0 aromatic carbocycles. The monoisotopic (exact) mass is 236 g/mol. The summed E-state index contributed by atoms with van der Waals surface area (Å²) < 4.78 is 0. The first-order valence-corrected chi connectivity index (χ1v) is 6.99. The molecule has 0 rings (SSSR count). The number of rotatable bonds is 7. The fourth-order valence-electron chi connectivity index (χ4n) is 0.808. The predicted molar refractivity (Wildman–Crippen MR) is 66.3 cm³/mol. The molecule has 0 aliphatic heterocycles. The number of carbonyl (C=O) groups is 1. The van der Waals surface area contributed by atoms with Gasteiger partial charge in [0.25, 0.3) is 0 Å². The molecule has 0 aromatic heterocycles. The Labute approximate surface area is 95.2 Å². The van der Waals surface area contributed by atoms with E-state index in [-0.39, 0.29) is 5.92 Å². The third-order valence-electron chi connectivity index (χ3n) is 1.61. The lowest BCUT2D eigenvalue weighted by Crippen LogP contribution is -2.20. The molecule has 0 saturated heterocycles. The maximum atomic E-state index is 10.9. The molecule has 0 amide bonds. The molecule has 14 heavy (non-hydrogen) atoms. The number of hydrogen-bond donors (Lipinski definition) is 1. The van der Waals surface area contributed by atoms with Crippen molar-refractivity contribution < 1.29 is 9.90 Å². The van der Waals surface area contributed by atoms with E-state index in [1.165, 1.54) is 0 Å². The van der Waals surface area contributed by atoms with Gasteiger partial charge in [-0.05, 0) is 10.5 Å². The molecule has 1 N–H and O–H groups in total. The van der Waals surface area contributed by atoms with Gasteiger partial charge in [-0.3, -0.25) is 4.79 Å². The highest BCUT2D eigenvalue weighted by atomic mass is 32.2. The van der Waals surface area contributed by atoms with Crippen molar-refractivity contribution >= 4 is 29.5 Å². The Morgan fingerprint density at radius 1 is 1.07 bits per heavy atom. The minimum atomic E-state index is -0.661. The number of thioether (sulfide) groups is 2. The van der Waals surface area contributed by atoms with E-state index in [1.54, 1.807) is 23.5 Å². The Balaban J connectivity index is 3.84. The molecule has 0 aliphatic carbocycles. The average molecular weight is 236 g/mol. The van der Waals surface area contributed by atoms with Crippen LogP contribution in [0.25, 0.3) is 0 Å². The molecule has 2 nitrogen and oxygen atoms in total. The molecule has 0 aromatic rings. The summed E-state index contributed by atoms with van der Waals surface area (Å²) in [6.45, 7) is 8.39. The van der Waals surface area contributed by atoms with Gasteiger partial charge in [0.2, 0.25) is 0 Å². The van der Waals surface area contributed by atoms with Crippen LogP contribution in [0.15, 0.2) is 0 Å². The van der Waals surface area contributed by atoms with Crippen molar-refractivity contribution in [1.82, 2.24) is 0 Å². The van der Waals surface area contributed by atoms with Gasteiger partial charge in [-0.25, -0.2) is 0 Å². The van der Waals surface area contributed by atoms with E-state index in [4.69, 9.17) is 5.11 Å². The van der Waals surface area contributed by atoms with E-state index in [0.717, 1.165) is 11.5 Å². The molecule has 0 spiro atoms. The molecular formula is C10H20O2S2. The topological polar surface area (TPSA) is 37.3 Å². The van der Waals surface area contributed by atoms with Gasteiger partial charge in [-0.2, -0.15) is 23.5 Å². The Morgan fingerprint density at radius 2 is 1.43 bits per heavy atom. The van der Waals surface area contributed by atoms with Gasteiger partial charge in [0, 0.05) is 11.5 Å². The van der Waals surface area contributed by atoms with Crippen LogP contribution in [-0.2, 0) is 4.79 Å². The lowest BCUT2D eigenvalue weighted by Gasteiger charge is -2.14. The van der Waals surface area contributed by atoms with E-state index in [9.17, 15) is 4.79 Å². The van der Waals surface area contributed by atoms with Crippen LogP contribution in [0.3, 0.4) is 0 Å². The standard InChI is InChI=1S/C10H20O2S2/c1-7(2)13-5-9(10(11)12)6-14-8(3)4/h7-9H,5-6H2,1-4H3,(H,11,12). The first-order valence-electron chi connectivity index (χ1n) is 4.89. The SMILES string of the molecule is CC(C)SCC(CSC(C)C)C(=O)O. The summed E-state index contributed by atoms with van der Waals surface area (Å²) in [4.78, 5) is 10.9. The van der Waals surface area contributed by atoms with E-state index in [0.29, 0.717) is 10.5 Å². The van der Waals surface area contributed by atoms with Crippen molar-refractivity contribution in [3.8, 4) is 0 Å². The van der Waals surface area contributed by atoms with E-state index < -0.39 is 5.97 Å². The molecule has 0 atom stereocenters. The summed E-state index contributed by atoms with van der Waals surface area (Å²) in [5.41, 5.74) is 0. The van der Waals surface area contributed by atoms with Crippen molar-refractivity contribution in [1.29, 1.82) is 0 Å². The van der Waals surface area contributed by atoms with Gasteiger partial charge in [-0.1, -0.05) is 27.7 Å². The molecule has 0 unspecified atom stereocenters. The van der Waals surface area contributed by atoms with Crippen LogP contribution in [-0.4, -0.2) is 33.1 Å². The van der Waals surface area contributed by atoms with Crippen molar-refractivity contribution in [2.75, 3.05) is 11.5 Å². The highest BCUT2D eigenvalue weighted by Gasteiger charge is 2.18. The van der Waals surface area contributed by atoms with Crippen LogP contribution >= 0.6 is 23.5 Å². The fourth-order valence-corrected chi connectivity index (χ4v) is 2.71. The van der Waals surface area contributed by atoms with Crippen LogP contribution in [0.4, 0.5) is 0 Å². The average Bonchev–Trinajstić information content (AvgIpc) is 2.02. The number of carboxylic acid groups (broad SMARTS) is 1. The van der Waals surface area contributed by atoms with Gasteiger partial charge in [-0.15, -0.1) is 0 Å². The second-order valence-electron chi connectivity index (χ2n) is 3.80. The Kier molecular flexibility index (Phi) is 7.55. The third-order valence-corrected chi connectivity index (χ3v) is 4.13. The number of aliphatic carboxylic acids is 1. The molecule has 0 fully saturated rings. The van der Waals surface area contributed by atoms with Crippen molar-refractivity contribution in [2.24, 2.45) is 5.92 Å². The summed E-state index contributed by atoms with van der Waals surface area (Å²) in [6, 6.07) is 0. The summed E-state index contributed by atoms with van der Waals surface area (Å²) >= 11 is 3.45. The smallest absolute Gasteiger partial charge is 0.308 e. The highest BCUT2D eigenvalue weighted by molar-refractivity contribution is 8.00. The van der Waals surface area contributed by atoms with Crippen LogP contribution in [0, 0.1) is 5.92 Å². The quantitative estimate of drug-likeness (QED) is 0.737. The van der Waals surface area contributed by atoms with Gasteiger partial charge >= 0.3 is 5.97 Å². The minimum Gasteiger partial charge on any atom is -0.481 e. The molecule has 4 heteroatoms. The van der Waals surface area contributed by atoms with Crippen molar-refractivity contribution in [3.05, 3.63) is 0 Å². The first-order chi connectivity index (χ1) is 6.43. The van der Waals surface area contributed by atoms with Gasteiger partial charge in [0.05, 0.1) is 5.92 Å². The molecule has 0 saturated carbocycles. The van der Waals surface area contributed by atoms with Crippen LogP contribution in [0.1, 0.15) is 27.7 Å². The molecule has 0 heterocycles. The summed E-state index contributed by atoms with van der Waals surface area (Å²) in [5, 5.41) is 10.0. The molecular weight excluding hydrogens is 216 g/mol. The molecule has 84 valence electrons. The fraction of sp³-hybridized carbons (Fsp3) is 0.900. The zero-order valence-corrected chi connectivity index (χ0v) is 11.0. The van der Waals surface area contributed by atoms with Crippen LogP contribution < -0.4 is 0 Å². The van der Waals surface area contributed by atoms with E-state index >= 15 is 0 Å². The Hall–Kier alpha value is 0.170. The van der Waals surface area contributed by atoms with E-state index in [2.05, 4.69) is 27.7 Å². The third kappa shape index (κ3) is 7.56. The lowest BCUT2D eigenvalue weighted by atomic mass is 10.2. The Bertz CT molecular complexity index is 158. The van der Waals surface area contributed by atoms with Crippen LogP contribution in [0.2, 0.25) is 0 Å². The summed E-state index contributed by atoms with van der Waals surface area (Å²) in [6.07, 6.45) is 0. The maximum Gasteiger partial charge on any atom is 0.308 e. The van der Waals surface area contributed by atoms with Gasteiger partial charge in [0.15, 0.2) is 0 Å². The summed E-state index contributed by atoms with van der Waals surface area (Å²) in [5.74, 6) is 0.598. The molecule has 0 radical (unpaired) electrons. The zero-order valence-electron chi connectivity index (χ0n) is 9.32. The number of carboxylic acids is 1. The largest absolute Gasteiger partial charge is 0.481 e. The van der Waals surface area contributed by atoms with Crippen molar-refractivity contribution in [2.45, 2.75) is 38.2 Å². The van der Waals surface area contributed by atoms with Crippen molar-refractivity contribution in [3.63, 3.8) is 0 Å². The van der Waals surface area contributed by atoms with Crippen LogP contribution in [0.5, 0.6) is 0 Å². The normalized spacial score (nSPS) is 11.6. The second-order valence-corrected chi connectivity index (χ2v) is 7.02. The maximum absolute atomic E-state index is 10.9. The highest BCUT2D eigenvalue weighted by Crippen LogP contribution is 2.20. The van der Waals surface area contributed by atoms with E-state index in [1.807, 2.05) is 0 Å². The molecule has 0 bridgehead atoms. The summed E-state index contributed by atoms with van der Waals surface area (Å²) in [7, 11) is 0. The predicted octanol–water partition coefficient (Wildman–Crippen LogP) is 2.97. The molecule has 0 aliphatic rings. The van der Waals surface area contributed by atoms with Gasteiger partial charge < -0.3 is 5.11 Å². The van der Waals surface area contributed by atoms with Gasteiger partial charge in [0.1, 0.15) is 0 Å². The minimum absolute atomic E-state index is 0.199. The zero-order chi connectivity index (χ0) is 11.1. The Morgan fingerprint density at radius 3 is 1.64 bits per heavy atom.